The number of nitrogens with one attached hydrogen (secondary N) is 2. The molecule has 5 heterocycles. The fourth-order valence-electron chi connectivity index (χ4n) is 5.19. The molecule has 3 aliphatic rings. The Kier molecular flexibility index (Phi) is 4.53. The molecule has 1 atom stereocenters. The first-order valence-corrected chi connectivity index (χ1v) is 12.0. The van der Waals surface area contributed by atoms with Gasteiger partial charge in [-0.05, 0) is 31.4 Å². The molecule has 0 unspecified atom stereocenters. The summed E-state index contributed by atoms with van der Waals surface area (Å²) in [6.07, 6.45) is 5.96. The minimum absolute atomic E-state index is 0.109. The lowest BCUT2D eigenvalue weighted by Crippen LogP contribution is -2.55. The van der Waals surface area contributed by atoms with Gasteiger partial charge in [-0.25, -0.2) is 18.7 Å². The van der Waals surface area contributed by atoms with E-state index in [2.05, 4.69) is 25.3 Å². The first-order chi connectivity index (χ1) is 17.4. The number of hydrogen-bond donors (Lipinski definition) is 3. The van der Waals surface area contributed by atoms with E-state index in [4.69, 9.17) is 9.72 Å². The molecule has 3 N–H and O–H groups in total. The lowest BCUT2D eigenvalue weighted by Gasteiger charge is -2.36. The quantitative estimate of drug-likeness (QED) is 0.398. The van der Waals surface area contributed by atoms with Crippen LogP contribution in [0.4, 0.5) is 14.6 Å². The summed E-state index contributed by atoms with van der Waals surface area (Å²) in [7, 11) is 0. The van der Waals surface area contributed by atoms with Gasteiger partial charge in [0.1, 0.15) is 23.5 Å². The van der Waals surface area contributed by atoms with E-state index < -0.39 is 17.9 Å². The normalized spacial score (nSPS) is 24.4. The molecule has 0 spiro atoms. The molecule has 1 aliphatic heterocycles. The first-order valence-electron chi connectivity index (χ1n) is 12.0. The molecule has 12 heteroatoms. The SMILES string of the molecule is O=C(N[C@@H]1CCC1(F)F)c1cnn2c3c(c(-c4cn([C@H]5C[C@H](O)C5)c5ncccc45)nc12)OCCN3. The smallest absolute Gasteiger partial charge is 0.267 e. The third-order valence-corrected chi connectivity index (χ3v) is 7.40. The number of amides is 1. The van der Waals surface area contributed by atoms with E-state index in [1.54, 1.807) is 6.20 Å². The molecule has 0 radical (unpaired) electrons. The van der Waals surface area contributed by atoms with Gasteiger partial charge in [-0.2, -0.15) is 9.61 Å². The predicted molar refractivity (Wildman–Crippen MR) is 125 cm³/mol. The van der Waals surface area contributed by atoms with Crippen molar-refractivity contribution in [2.45, 2.75) is 49.8 Å². The fourth-order valence-corrected chi connectivity index (χ4v) is 5.19. The van der Waals surface area contributed by atoms with Crippen molar-refractivity contribution in [1.29, 1.82) is 0 Å². The second kappa shape index (κ2) is 7.60. The van der Waals surface area contributed by atoms with Gasteiger partial charge in [0.05, 0.1) is 24.9 Å². The van der Waals surface area contributed by atoms with Crippen molar-refractivity contribution < 1.29 is 23.4 Å². The van der Waals surface area contributed by atoms with Crippen LogP contribution in [0.3, 0.4) is 0 Å². The predicted octanol–water partition coefficient (Wildman–Crippen LogP) is 2.77. The van der Waals surface area contributed by atoms with Crippen molar-refractivity contribution in [3.63, 3.8) is 0 Å². The number of hydrogen-bond acceptors (Lipinski definition) is 7. The van der Waals surface area contributed by atoms with E-state index >= 15 is 0 Å². The highest BCUT2D eigenvalue weighted by Gasteiger charge is 2.49. The largest absolute Gasteiger partial charge is 0.486 e. The Labute approximate surface area is 203 Å². The molecule has 0 aromatic carbocycles. The highest BCUT2D eigenvalue weighted by Crippen LogP contribution is 2.44. The zero-order valence-electron chi connectivity index (χ0n) is 19.1. The molecule has 2 fully saturated rings. The lowest BCUT2D eigenvalue weighted by atomic mass is 9.88. The number of alkyl halides is 2. The number of anilines is 1. The van der Waals surface area contributed by atoms with Crippen molar-refractivity contribution in [3.05, 3.63) is 36.3 Å². The van der Waals surface area contributed by atoms with E-state index in [9.17, 15) is 18.7 Å². The Balaban J connectivity index is 1.39. The van der Waals surface area contributed by atoms with Crippen LogP contribution in [0.1, 0.15) is 42.1 Å². The summed E-state index contributed by atoms with van der Waals surface area (Å²) in [4.78, 5) is 22.4. The Morgan fingerprint density at radius 2 is 2.17 bits per heavy atom. The number of aromatic nitrogens is 5. The average molecular weight is 495 g/mol. The number of nitrogens with zero attached hydrogens (tertiary/aromatic N) is 5. The average Bonchev–Trinajstić information content (AvgIpc) is 3.46. The van der Waals surface area contributed by atoms with Gasteiger partial charge in [0.15, 0.2) is 17.2 Å². The van der Waals surface area contributed by atoms with Gasteiger partial charge in [0.25, 0.3) is 11.8 Å². The molecule has 7 rings (SSSR count). The Bertz CT molecular complexity index is 1530. The van der Waals surface area contributed by atoms with E-state index in [1.165, 1.54) is 10.7 Å². The van der Waals surface area contributed by atoms with Gasteiger partial charge in [0.2, 0.25) is 0 Å². The van der Waals surface area contributed by atoms with E-state index in [0.717, 1.165) is 16.6 Å². The first kappa shape index (κ1) is 21.5. The topological polar surface area (TPSA) is 119 Å². The number of aliphatic hydroxyl groups excluding tert-OH is 1. The van der Waals surface area contributed by atoms with Gasteiger partial charge >= 0.3 is 0 Å². The van der Waals surface area contributed by atoms with Crippen molar-refractivity contribution in [2.24, 2.45) is 0 Å². The number of pyridine rings is 1. The summed E-state index contributed by atoms with van der Waals surface area (Å²) >= 11 is 0. The molecule has 186 valence electrons. The molecular weight excluding hydrogens is 472 g/mol. The number of aliphatic hydroxyl groups is 1. The van der Waals surface area contributed by atoms with Crippen LogP contribution in [0.15, 0.2) is 30.7 Å². The van der Waals surface area contributed by atoms with Crippen LogP contribution < -0.4 is 15.4 Å². The van der Waals surface area contributed by atoms with Gasteiger partial charge in [0, 0.05) is 35.8 Å². The second-order valence-corrected chi connectivity index (χ2v) is 9.64. The van der Waals surface area contributed by atoms with Crippen LogP contribution in [0, 0.1) is 0 Å². The molecule has 4 aromatic rings. The molecular formula is C24H23F2N7O3. The van der Waals surface area contributed by atoms with Gasteiger partial charge < -0.3 is 25.0 Å². The highest BCUT2D eigenvalue weighted by atomic mass is 19.3. The molecule has 10 nitrogen and oxygen atoms in total. The third kappa shape index (κ3) is 3.10. The maximum Gasteiger partial charge on any atom is 0.267 e. The van der Waals surface area contributed by atoms with Gasteiger partial charge in [-0.15, -0.1) is 0 Å². The summed E-state index contributed by atoms with van der Waals surface area (Å²) in [5.41, 5.74) is 2.39. The van der Waals surface area contributed by atoms with Crippen molar-refractivity contribution in [1.82, 2.24) is 29.5 Å². The standard InChI is InChI=1S/C24H23F2N7O3/c25-24(26)4-3-17(24)30-23(35)15-10-29-33-21(15)31-18(19-22(33)28-6-7-36-19)16-11-32(12-8-13(34)9-12)20-14(16)2-1-5-27-20/h1-2,5,10-13,17,28,34H,3-4,6-9H2,(H,30,35)/t12-,13-,17-/m1/s1. The Morgan fingerprint density at radius 1 is 1.31 bits per heavy atom. The monoisotopic (exact) mass is 495 g/mol. The summed E-state index contributed by atoms with van der Waals surface area (Å²) in [5, 5.41) is 20.7. The van der Waals surface area contributed by atoms with Crippen LogP contribution in [0.2, 0.25) is 0 Å². The lowest BCUT2D eigenvalue weighted by molar-refractivity contribution is -0.102. The molecule has 2 aliphatic carbocycles. The molecule has 4 aromatic heterocycles. The minimum Gasteiger partial charge on any atom is -0.486 e. The van der Waals surface area contributed by atoms with Crippen LogP contribution in [-0.4, -0.2) is 66.4 Å². The fraction of sp³-hybridized carbons (Fsp3) is 0.417. The molecule has 2 saturated carbocycles. The summed E-state index contributed by atoms with van der Waals surface area (Å²) < 4.78 is 37.2. The number of halogens is 2. The van der Waals surface area contributed by atoms with Gasteiger partial charge in [-0.1, -0.05) is 0 Å². The van der Waals surface area contributed by atoms with Crippen LogP contribution in [-0.2, 0) is 0 Å². The summed E-state index contributed by atoms with van der Waals surface area (Å²) in [6.45, 7) is 0.953. The third-order valence-electron chi connectivity index (χ3n) is 7.40. The van der Waals surface area contributed by atoms with Crippen LogP contribution in [0.5, 0.6) is 5.75 Å². The zero-order chi connectivity index (χ0) is 24.6. The highest BCUT2D eigenvalue weighted by molar-refractivity contribution is 6.02. The van der Waals surface area contributed by atoms with E-state index in [1.807, 2.05) is 18.3 Å². The van der Waals surface area contributed by atoms with E-state index in [-0.39, 0.29) is 36.2 Å². The number of carbonyl (C=O) groups excluding carboxylic acids is 1. The molecule has 36 heavy (non-hydrogen) atoms. The van der Waals surface area contributed by atoms with Crippen molar-refractivity contribution >= 4 is 28.4 Å². The number of fused-ring (bicyclic) bond motifs is 4. The number of ether oxygens (including phenoxy) is 1. The Morgan fingerprint density at radius 3 is 2.92 bits per heavy atom. The zero-order valence-corrected chi connectivity index (χ0v) is 19.1. The maximum atomic E-state index is 13.8. The van der Waals surface area contributed by atoms with Crippen molar-refractivity contribution in [2.75, 3.05) is 18.5 Å². The minimum atomic E-state index is -2.91. The second-order valence-electron chi connectivity index (χ2n) is 9.64. The number of rotatable bonds is 4. The van der Waals surface area contributed by atoms with E-state index in [0.29, 0.717) is 43.3 Å². The summed E-state index contributed by atoms with van der Waals surface area (Å²) in [6, 6.07) is 2.71. The van der Waals surface area contributed by atoms with Crippen LogP contribution in [0.25, 0.3) is 27.9 Å². The maximum absolute atomic E-state index is 13.8. The summed E-state index contributed by atoms with van der Waals surface area (Å²) in [5.74, 6) is -2.52. The molecule has 0 saturated heterocycles. The molecule has 1 amide bonds. The molecule has 0 bridgehead atoms. The van der Waals surface area contributed by atoms with Gasteiger partial charge in [-0.3, -0.25) is 4.79 Å². The van der Waals surface area contributed by atoms with Crippen molar-refractivity contribution in [3.8, 4) is 17.0 Å². The number of carbonyl (C=O) groups is 1. The Hall–Kier alpha value is -3.80. The van der Waals surface area contributed by atoms with Crippen LogP contribution >= 0.6 is 0 Å².